The summed E-state index contributed by atoms with van der Waals surface area (Å²) < 4.78 is 9.71. The van der Waals surface area contributed by atoms with E-state index in [1.807, 2.05) is 11.8 Å². The Morgan fingerprint density at radius 1 is 1.35 bits per heavy atom. The molecule has 0 radical (unpaired) electrons. The predicted octanol–water partition coefficient (Wildman–Crippen LogP) is 0.0274. The van der Waals surface area contributed by atoms with Crippen molar-refractivity contribution in [1.29, 1.82) is 0 Å². The topological polar surface area (TPSA) is 12.5 Å². The maximum atomic E-state index is 5.79. The van der Waals surface area contributed by atoms with Crippen molar-refractivity contribution in [3.05, 3.63) is 18.0 Å². The number of piperidine rings is 1. The van der Waals surface area contributed by atoms with Gasteiger partial charge in [-0.2, -0.15) is 0 Å². The van der Waals surface area contributed by atoms with E-state index in [1.54, 1.807) is 0 Å². The molecule has 0 aromatic carbocycles. The molecular weight excluding hydrogens is 345 g/mol. The Morgan fingerprint density at radius 3 is 2.88 bits per heavy atom. The van der Waals surface area contributed by atoms with Crippen molar-refractivity contribution in [3.63, 3.8) is 0 Å². The maximum absolute atomic E-state index is 5.79. The van der Waals surface area contributed by atoms with Crippen molar-refractivity contribution >= 4 is 11.8 Å². The van der Waals surface area contributed by atoms with Gasteiger partial charge in [0.15, 0.2) is 0 Å². The molecule has 0 aliphatic carbocycles. The quantitative estimate of drug-likeness (QED) is 0.503. The number of ether oxygens (including phenoxy) is 1. The van der Waals surface area contributed by atoms with E-state index in [9.17, 15) is 0 Å². The van der Waals surface area contributed by atoms with E-state index in [1.165, 1.54) is 40.8 Å². The van der Waals surface area contributed by atoms with Gasteiger partial charge in [-0.1, -0.05) is 0 Å². The molecule has 0 N–H and O–H groups in total. The Bertz CT molecular complexity index is 298. The number of hydrogen-bond donors (Lipinski definition) is 0. The van der Waals surface area contributed by atoms with E-state index in [4.69, 9.17) is 4.74 Å². The van der Waals surface area contributed by atoms with Gasteiger partial charge in [0, 0.05) is 0 Å². The Kier molecular flexibility index (Phi) is 6.39. The zero-order chi connectivity index (χ0) is 11.9. The first-order valence-electron chi connectivity index (χ1n) is 6.30. The fraction of sp³-hybridized carbons (Fsp3) is 0.692. The summed E-state index contributed by atoms with van der Waals surface area (Å²) in [6.45, 7) is 7.61. The van der Waals surface area contributed by atoms with Crippen molar-refractivity contribution in [2.45, 2.75) is 26.2 Å². The second-order valence-corrected chi connectivity index (χ2v) is 8.21. The molecule has 2 aliphatic rings. The molecule has 0 amide bonds. The van der Waals surface area contributed by atoms with Crippen molar-refractivity contribution in [2.24, 2.45) is 0 Å². The summed E-state index contributed by atoms with van der Waals surface area (Å²) in [7, 11) is 0. The first kappa shape index (κ1) is 13.9. The fourth-order valence-corrected chi connectivity index (χ4v) is 5.25. The number of halogens is 1. The van der Waals surface area contributed by atoms with Crippen LogP contribution in [0.2, 0.25) is 0 Å². The van der Waals surface area contributed by atoms with E-state index >= 15 is 0 Å². The Balaban J connectivity index is 1.54. The molecule has 0 aromatic rings. The standard InChI is InChI=1S/C13H21INOS/c1-12-9-14-13(11-17-12)10-16-8-7-15-5-3-2-4-6-15/h9,11H,2-8,10H2,1H3/q-1. The van der Waals surface area contributed by atoms with Gasteiger partial charge >= 0.3 is 120 Å². The van der Waals surface area contributed by atoms with Gasteiger partial charge in [0.1, 0.15) is 0 Å². The summed E-state index contributed by atoms with van der Waals surface area (Å²) >= 11 is 1.96. The number of allylic oxidation sites excluding steroid dienone is 1. The van der Waals surface area contributed by atoms with Gasteiger partial charge < -0.3 is 0 Å². The van der Waals surface area contributed by atoms with Crippen molar-refractivity contribution < 1.29 is 25.9 Å². The van der Waals surface area contributed by atoms with Crippen LogP contribution in [0.25, 0.3) is 0 Å². The van der Waals surface area contributed by atoms with Crippen LogP contribution in [0.4, 0.5) is 0 Å². The van der Waals surface area contributed by atoms with Crippen LogP contribution in [0.1, 0.15) is 26.2 Å². The third-order valence-corrected chi connectivity index (χ3v) is 7.37. The third kappa shape index (κ3) is 5.32. The van der Waals surface area contributed by atoms with Gasteiger partial charge in [-0.25, -0.2) is 0 Å². The Hall–Kier alpha value is 0.480. The van der Waals surface area contributed by atoms with Crippen LogP contribution in [0.15, 0.2) is 18.0 Å². The third-order valence-electron chi connectivity index (χ3n) is 2.96. The van der Waals surface area contributed by atoms with Crippen LogP contribution < -0.4 is 21.2 Å². The van der Waals surface area contributed by atoms with E-state index in [2.05, 4.69) is 21.3 Å². The molecule has 98 valence electrons. The number of nitrogens with zero attached hydrogens (tertiary/aromatic N) is 1. The van der Waals surface area contributed by atoms with Crippen LogP contribution >= 0.6 is 11.8 Å². The molecule has 2 rings (SSSR count). The van der Waals surface area contributed by atoms with Crippen LogP contribution in [0, 0.1) is 0 Å². The molecule has 0 unspecified atom stereocenters. The number of rotatable bonds is 5. The van der Waals surface area contributed by atoms with E-state index in [0.717, 1.165) is 19.8 Å². The molecule has 17 heavy (non-hydrogen) atoms. The zero-order valence-corrected chi connectivity index (χ0v) is 13.4. The van der Waals surface area contributed by atoms with Crippen molar-refractivity contribution in [3.8, 4) is 0 Å². The predicted molar refractivity (Wildman–Crippen MR) is 70.5 cm³/mol. The molecule has 0 aromatic heterocycles. The van der Waals surface area contributed by atoms with Crippen molar-refractivity contribution in [1.82, 2.24) is 4.90 Å². The number of thioether (sulfide) groups is 1. The molecule has 0 saturated carbocycles. The monoisotopic (exact) mass is 366 g/mol. The van der Waals surface area contributed by atoms with Crippen molar-refractivity contribution in [2.75, 3.05) is 32.8 Å². The second kappa shape index (κ2) is 7.81. The van der Waals surface area contributed by atoms with Gasteiger partial charge in [-0.15, -0.1) is 0 Å². The zero-order valence-electron chi connectivity index (χ0n) is 10.5. The summed E-state index contributed by atoms with van der Waals surface area (Å²) in [5, 5.41) is 2.30. The minimum atomic E-state index is 0.115. The number of likely N-dealkylation sites (tertiary alicyclic amines) is 1. The summed E-state index contributed by atoms with van der Waals surface area (Å²) in [4.78, 5) is 3.99. The Morgan fingerprint density at radius 2 is 2.18 bits per heavy atom. The van der Waals surface area contributed by atoms with Crippen LogP contribution in [-0.4, -0.2) is 37.7 Å². The second-order valence-electron chi connectivity index (χ2n) is 4.47. The first-order valence-corrected chi connectivity index (χ1v) is 9.51. The molecule has 2 aliphatic heterocycles. The minimum absolute atomic E-state index is 0.115. The summed E-state index contributed by atoms with van der Waals surface area (Å²) in [6.07, 6.45) is 4.16. The number of hydrogen-bond acceptors (Lipinski definition) is 3. The average Bonchev–Trinajstić information content (AvgIpc) is 2.38. The first-order chi connectivity index (χ1) is 8.34. The molecule has 1 saturated heterocycles. The van der Waals surface area contributed by atoms with Crippen LogP contribution in [-0.2, 0) is 4.74 Å². The van der Waals surface area contributed by atoms with Gasteiger partial charge in [-0.05, 0) is 0 Å². The van der Waals surface area contributed by atoms with Gasteiger partial charge in [0.25, 0.3) is 0 Å². The summed E-state index contributed by atoms with van der Waals surface area (Å²) in [5.41, 5.74) is 0. The molecule has 0 bridgehead atoms. The molecule has 0 atom stereocenters. The Labute approximate surface area is 119 Å². The SMILES string of the molecule is CC1=C[I-]C(COCCN2CCCCC2)=CS1. The molecule has 1 fully saturated rings. The van der Waals surface area contributed by atoms with E-state index in [0.29, 0.717) is 0 Å². The van der Waals surface area contributed by atoms with Gasteiger partial charge in [0.05, 0.1) is 0 Å². The van der Waals surface area contributed by atoms with Gasteiger partial charge in [-0.3, -0.25) is 0 Å². The molecule has 0 spiro atoms. The van der Waals surface area contributed by atoms with Crippen LogP contribution in [0.3, 0.4) is 0 Å². The fourth-order valence-electron chi connectivity index (χ4n) is 1.97. The van der Waals surface area contributed by atoms with E-state index < -0.39 is 0 Å². The molecule has 2 nitrogen and oxygen atoms in total. The summed E-state index contributed by atoms with van der Waals surface area (Å²) in [6, 6.07) is 0. The van der Waals surface area contributed by atoms with Crippen LogP contribution in [0.5, 0.6) is 0 Å². The average molecular weight is 366 g/mol. The molecule has 2 heterocycles. The van der Waals surface area contributed by atoms with E-state index in [-0.39, 0.29) is 21.2 Å². The van der Waals surface area contributed by atoms with Gasteiger partial charge in [0.2, 0.25) is 0 Å². The summed E-state index contributed by atoms with van der Waals surface area (Å²) in [5.74, 6) is 0. The molecular formula is C13H21INOS-. The normalized spacial score (nSPS) is 22.6. The molecule has 4 heteroatoms.